The maximum atomic E-state index is 5.08. The highest BCUT2D eigenvalue weighted by Crippen LogP contribution is 2.45. The molecule has 0 amide bonds. The highest BCUT2D eigenvalue weighted by molar-refractivity contribution is 6.99. The second-order valence-electron chi connectivity index (χ2n) is 14.0. The number of dihydropyridines is 1. The molecule has 14 heteroatoms. The quantitative estimate of drug-likeness (QED) is 0.217. The van der Waals surface area contributed by atoms with Gasteiger partial charge in [0.05, 0.1) is 16.5 Å². The van der Waals surface area contributed by atoms with E-state index in [0.717, 1.165) is 78.6 Å². The van der Waals surface area contributed by atoms with Crippen LogP contribution in [0.3, 0.4) is 0 Å². The minimum absolute atomic E-state index is 0.0851. The van der Waals surface area contributed by atoms with Crippen molar-refractivity contribution < 1.29 is 0 Å². The van der Waals surface area contributed by atoms with Crippen molar-refractivity contribution in [3.05, 3.63) is 135 Å². The lowest BCUT2D eigenvalue weighted by Crippen LogP contribution is -2.62. The summed E-state index contributed by atoms with van der Waals surface area (Å²) in [6, 6.07) is 26.7. The van der Waals surface area contributed by atoms with Gasteiger partial charge in [0.25, 0.3) is 0 Å². The number of benzene rings is 2. The second kappa shape index (κ2) is 11.7. The summed E-state index contributed by atoms with van der Waals surface area (Å²) >= 11 is 0. The molecule has 0 saturated heterocycles. The predicted octanol–water partition coefficient (Wildman–Crippen LogP) is 5.24. The van der Waals surface area contributed by atoms with Crippen LogP contribution in [-0.2, 0) is 0 Å². The summed E-state index contributed by atoms with van der Waals surface area (Å²) < 4.78 is 4.37. The number of anilines is 5. The van der Waals surface area contributed by atoms with Gasteiger partial charge in [0, 0.05) is 77.7 Å². The average Bonchev–Trinajstić information content (AvgIpc) is 3.77. The topological polar surface area (TPSA) is 132 Å². The molecular formula is C42H28BN13. The van der Waals surface area contributed by atoms with E-state index in [1.54, 1.807) is 37.3 Å². The van der Waals surface area contributed by atoms with Gasteiger partial charge >= 0.3 is 6.71 Å². The lowest BCUT2D eigenvalue weighted by Gasteiger charge is -2.40. The molecule has 0 radical (unpaired) electrons. The Morgan fingerprint density at radius 2 is 1.48 bits per heavy atom. The first kappa shape index (κ1) is 30.8. The number of rotatable bonds is 5. The molecule has 12 rings (SSSR count). The van der Waals surface area contributed by atoms with Crippen molar-refractivity contribution in [2.24, 2.45) is 10.9 Å². The predicted molar refractivity (Wildman–Crippen MR) is 218 cm³/mol. The van der Waals surface area contributed by atoms with Gasteiger partial charge in [-0.25, -0.2) is 29.9 Å². The Kier molecular flexibility index (Phi) is 6.44. The van der Waals surface area contributed by atoms with E-state index in [-0.39, 0.29) is 18.8 Å². The highest BCUT2D eigenvalue weighted by atomic mass is 15.3. The van der Waals surface area contributed by atoms with E-state index < -0.39 is 0 Å². The Hall–Kier alpha value is -7.61. The van der Waals surface area contributed by atoms with Crippen molar-refractivity contribution in [3.8, 4) is 11.5 Å². The van der Waals surface area contributed by atoms with E-state index in [2.05, 4.69) is 56.2 Å². The monoisotopic (exact) mass is 725 g/mol. The number of para-hydroxylation sites is 1. The number of pyridine rings is 2. The molecular weight excluding hydrogens is 697 g/mol. The van der Waals surface area contributed by atoms with Crippen LogP contribution in [0.15, 0.2) is 140 Å². The molecule has 0 N–H and O–H groups in total. The fourth-order valence-electron chi connectivity index (χ4n) is 8.77. The molecule has 7 aromatic heterocycles. The largest absolute Gasteiger partial charge is 0.303 e. The van der Waals surface area contributed by atoms with Crippen LogP contribution in [0, 0.1) is 5.92 Å². The van der Waals surface area contributed by atoms with Crippen molar-refractivity contribution in [1.82, 2.24) is 49.0 Å². The molecule has 0 aliphatic carbocycles. The van der Waals surface area contributed by atoms with Crippen LogP contribution in [0.5, 0.6) is 0 Å². The third kappa shape index (κ3) is 4.17. The van der Waals surface area contributed by atoms with Crippen LogP contribution in [0.2, 0.25) is 0 Å². The lowest BCUT2D eigenvalue weighted by molar-refractivity contribution is 0.542. The molecule has 2 atom stereocenters. The average molecular weight is 726 g/mol. The number of aromatic nitrogens is 10. The molecule has 13 nitrogen and oxygen atoms in total. The number of fused-ring (bicyclic) bond motifs is 9. The normalized spacial score (nSPS) is 16.4. The van der Waals surface area contributed by atoms with Gasteiger partial charge in [-0.05, 0) is 60.1 Å². The van der Waals surface area contributed by atoms with Crippen molar-refractivity contribution in [2.45, 2.75) is 13.1 Å². The first-order valence-electron chi connectivity index (χ1n) is 18.4. The van der Waals surface area contributed by atoms with Crippen LogP contribution in [-0.4, -0.2) is 68.1 Å². The van der Waals surface area contributed by atoms with E-state index in [4.69, 9.17) is 44.9 Å². The van der Waals surface area contributed by atoms with Gasteiger partial charge in [0.15, 0.2) is 11.5 Å². The van der Waals surface area contributed by atoms with Gasteiger partial charge in [0.1, 0.15) is 40.8 Å². The molecule has 0 saturated carbocycles. The number of hydrogen-bond donors (Lipinski definition) is 0. The van der Waals surface area contributed by atoms with Gasteiger partial charge in [-0.1, -0.05) is 43.3 Å². The number of hydrogen-bond acceptors (Lipinski definition) is 11. The van der Waals surface area contributed by atoms with Gasteiger partial charge in [-0.15, -0.1) is 0 Å². The van der Waals surface area contributed by atoms with Gasteiger partial charge < -0.3 is 4.90 Å². The smallest absolute Gasteiger partial charge is 0.300 e. The summed E-state index contributed by atoms with van der Waals surface area (Å²) in [6.07, 6.45) is 18.0. The number of nitrogens with zero attached hydrogens (tertiary/aromatic N) is 13. The summed E-state index contributed by atoms with van der Waals surface area (Å²) in [5.74, 6) is 2.31. The summed E-state index contributed by atoms with van der Waals surface area (Å²) in [5, 5.41) is 0.867. The Labute approximate surface area is 319 Å². The third-order valence-corrected chi connectivity index (χ3v) is 11.0. The standard InChI is InChI=1S/C42H28BN13/c1-25-10-9-17-48-39(25)54(30-13-5-7-15-44-30)27-22-28-33-29(23-27)55-36-34(32-35-40(49-20-18-46-35)56(42(32)55)31-14-6-8-16-45-31)51-24-52-37(36)43(33)38-41(50-21-19-47-38)53(28)26-11-3-2-4-12-26/h2-25,39H,1H3. The maximum Gasteiger partial charge on any atom is 0.300 e. The Morgan fingerprint density at radius 3 is 2.32 bits per heavy atom. The van der Waals surface area contributed by atoms with E-state index in [0.29, 0.717) is 11.5 Å². The van der Waals surface area contributed by atoms with E-state index in [1.165, 1.54) is 0 Å². The molecule has 264 valence electrons. The lowest BCUT2D eigenvalue weighted by atomic mass is 9.37. The SMILES string of the molecule is CC1C=CC=NC1N(c1cc2c3c(c1)-n1c4c(ncnc4c4c5nccnc5n(-c5ccccn5)c41)B3c1nccnc1N2c1ccccc1)c1ccccn1. The van der Waals surface area contributed by atoms with Crippen LogP contribution in [0.1, 0.15) is 6.92 Å². The first-order chi connectivity index (χ1) is 27.8. The molecule has 3 aliphatic heterocycles. The van der Waals surface area contributed by atoms with Crippen LogP contribution >= 0.6 is 0 Å². The third-order valence-electron chi connectivity index (χ3n) is 11.0. The van der Waals surface area contributed by atoms with Crippen molar-refractivity contribution in [3.63, 3.8) is 0 Å². The minimum Gasteiger partial charge on any atom is -0.303 e. The van der Waals surface area contributed by atoms with E-state index >= 15 is 0 Å². The molecule has 56 heavy (non-hydrogen) atoms. The highest BCUT2D eigenvalue weighted by Gasteiger charge is 2.46. The van der Waals surface area contributed by atoms with Gasteiger partial charge in [-0.2, -0.15) is 0 Å². The Balaban J connectivity index is 1.28. The van der Waals surface area contributed by atoms with Crippen LogP contribution in [0.25, 0.3) is 44.7 Å². The minimum atomic E-state index is -0.353. The van der Waals surface area contributed by atoms with Crippen LogP contribution < -0.4 is 26.4 Å². The molecule has 3 aliphatic rings. The van der Waals surface area contributed by atoms with Gasteiger partial charge in [-0.3, -0.25) is 29.0 Å². The van der Waals surface area contributed by atoms with Crippen molar-refractivity contribution in [2.75, 3.05) is 9.80 Å². The molecule has 0 fully saturated rings. The first-order valence-corrected chi connectivity index (χ1v) is 18.4. The zero-order valence-electron chi connectivity index (χ0n) is 29.8. The molecule has 2 aromatic carbocycles. The number of aliphatic imine (C=N–C) groups is 1. The van der Waals surface area contributed by atoms with Crippen molar-refractivity contribution >= 4 is 91.5 Å². The van der Waals surface area contributed by atoms with Crippen molar-refractivity contribution in [1.29, 1.82) is 0 Å². The fraction of sp³-hybridized carbons (Fsp3) is 0.0714. The molecule has 0 bridgehead atoms. The summed E-state index contributed by atoms with van der Waals surface area (Å²) in [4.78, 5) is 49.2. The zero-order chi connectivity index (χ0) is 36.9. The van der Waals surface area contributed by atoms with Crippen LogP contribution in [0.4, 0.5) is 28.7 Å². The Morgan fingerprint density at radius 1 is 0.679 bits per heavy atom. The second-order valence-corrected chi connectivity index (χ2v) is 14.0. The van der Waals surface area contributed by atoms with E-state index in [1.807, 2.05) is 73.1 Å². The zero-order valence-corrected chi connectivity index (χ0v) is 29.8. The molecule has 2 unspecified atom stereocenters. The summed E-state index contributed by atoms with van der Waals surface area (Å²) in [5.41, 5.74) is 10.3. The Bertz CT molecular complexity index is 3090. The van der Waals surface area contributed by atoms with Gasteiger partial charge in [0.2, 0.25) is 0 Å². The molecule has 9 aromatic rings. The number of allylic oxidation sites excluding steroid dienone is 1. The summed E-state index contributed by atoms with van der Waals surface area (Å²) in [7, 11) is 0. The fourth-order valence-corrected chi connectivity index (χ4v) is 8.77. The summed E-state index contributed by atoms with van der Waals surface area (Å²) in [6.45, 7) is 1.83. The molecule has 10 heterocycles. The maximum absolute atomic E-state index is 5.08. The van der Waals surface area contributed by atoms with E-state index in [9.17, 15) is 0 Å². The molecule has 0 spiro atoms.